The zero-order chi connectivity index (χ0) is 10.7. The Hall–Kier alpha value is -1.20. The lowest BCUT2D eigenvalue weighted by Crippen LogP contribution is -2.29. The predicted molar refractivity (Wildman–Crippen MR) is 56.6 cm³/mol. The van der Waals surface area contributed by atoms with Gasteiger partial charge in [0.15, 0.2) is 6.29 Å². The summed E-state index contributed by atoms with van der Waals surface area (Å²) in [6, 6.07) is 1.86. The Balaban J connectivity index is 2.16. The van der Waals surface area contributed by atoms with Crippen molar-refractivity contribution in [2.24, 2.45) is 5.73 Å². The maximum atomic E-state index is 10.6. The van der Waals surface area contributed by atoms with E-state index in [9.17, 15) is 4.79 Å². The fourth-order valence-corrected chi connectivity index (χ4v) is 1.98. The number of nitrogens with zero attached hydrogens (tertiary/aromatic N) is 3. The highest BCUT2D eigenvalue weighted by Crippen LogP contribution is 2.12. The molecule has 1 aliphatic heterocycles. The summed E-state index contributed by atoms with van der Waals surface area (Å²) < 4.78 is 1.93. The lowest BCUT2D eigenvalue weighted by Gasteiger charge is -2.17. The van der Waals surface area contributed by atoms with E-state index in [-0.39, 0.29) is 0 Å². The van der Waals surface area contributed by atoms with Crippen molar-refractivity contribution in [3.8, 4) is 0 Å². The largest absolute Gasteiger partial charge is 0.329 e. The number of carbonyl (C=O) groups is 1. The molecule has 2 rings (SSSR count). The van der Waals surface area contributed by atoms with Crippen LogP contribution in [0.25, 0.3) is 0 Å². The minimum atomic E-state index is 0.527. The van der Waals surface area contributed by atoms with Gasteiger partial charge in [0.2, 0.25) is 0 Å². The van der Waals surface area contributed by atoms with Crippen LogP contribution in [0.3, 0.4) is 0 Å². The van der Waals surface area contributed by atoms with Gasteiger partial charge in [0.25, 0.3) is 0 Å². The van der Waals surface area contributed by atoms with Gasteiger partial charge in [0, 0.05) is 32.7 Å². The molecule has 0 aliphatic carbocycles. The summed E-state index contributed by atoms with van der Waals surface area (Å²) >= 11 is 0. The van der Waals surface area contributed by atoms with Gasteiger partial charge in [-0.15, -0.1) is 0 Å². The second-order valence-corrected chi connectivity index (χ2v) is 3.82. The molecule has 15 heavy (non-hydrogen) atoms. The first-order valence-electron chi connectivity index (χ1n) is 5.28. The van der Waals surface area contributed by atoms with E-state index in [1.807, 2.05) is 10.7 Å². The summed E-state index contributed by atoms with van der Waals surface area (Å²) in [6.45, 7) is 4.37. The maximum absolute atomic E-state index is 10.6. The summed E-state index contributed by atoms with van der Waals surface area (Å²) in [5.41, 5.74) is 7.18. The van der Waals surface area contributed by atoms with E-state index in [0.717, 1.165) is 44.6 Å². The molecule has 0 saturated carbocycles. The first kappa shape index (κ1) is 10.3. The third kappa shape index (κ3) is 2.24. The van der Waals surface area contributed by atoms with Crippen molar-refractivity contribution in [3.05, 3.63) is 17.5 Å². The zero-order valence-electron chi connectivity index (χ0n) is 8.72. The van der Waals surface area contributed by atoms with E-state index in [2.05, 4.69) is 10.00 Å². The summed E-state index contributed by atoms with van der Waals surface area (Å²) in [5.74, 6) is 0. The smallest absolute Gasteiger partial charge is 0.170 e. The van der Waals surface area contributed by atoms with Gasteiger partial charge in [-0.2, -0.15) is 5.10 Å². The van der Waals surface area contributed by atoms with Gasteiger partial charge in [-0.05, 0) is 12.5 Å². The number of hydrogen-bond acceptors (Lipinski definition) is 4. The number of aromatic nitrogens is 2. The van der Waals surface area contributed by atoms with Crippen LogP contribution in [0.1, 0.15) is 22.6 Å². The Morgan fingerprint density at radius 3 is 3.13 bits per heavy atom. The molecule has 2 N–H and O–H groups in total. The van der Waals surface area contributed by atoms with Crippen LogP contribution < -0.4 is 5.73 Å². The van der Waals surface area contributed by atoms with E-state index in [0.29, 0.717) is 12.2 Å². The summed E-state index contributed by atoms with van der Waals surface area (Å²) in [7, 11) is 0. The van der Waals surface area contributed by atoms with E-state index in [1.54, 1.807) is 0 Å². The Kier molecular flexibility index (Phi) is 3.13. The van der Waals surface area contributed by atoms with Gasteiger partial charge in [-0.3, -0.25) is 14.4 Å². The van der Waals surface area contributed by atoms with E-state index >= 15 is 0 Å². The van der Waals surface area contributed by atoms with Crippen molar-refractivity contribution >= 4 is 6.29 Å². The van der Waals surface area contributed by atoms with Gasteiger partial charge in [-0.1, -0.05) is 0 Å². The third-order valence-electron chi connectivity index (χ3n) is 2.68. The molecule has 5 nitrogen and oxygen atoms in total. The Morgan fingerprint density at radius 2 is 2.40 bits per heavy atom. The minimum Gasteiger partial charge on any atom is -0.329 e. The first-order chi connectivity index (χ1) is 7.33. The predicted octanol–water partition coefficient (Wildman–Crippen LogP) is -0.140. The summed E-state index contributed by atoms with van der Waals surface area (Å²) in [6.07, 6.45) is 1.86. The molecule has 0 aromatic carbocycles. The quantitative estimate of drug-likeness (QED) is 0.702. The zero-order valence-corrected chi connectivity index (χ0v) is 8.72. The van der Waals surface area contributed by atoms with Crippen LogP contribution >= 0.6 is 0 Å². The van der Waals surface area contributed by atoms with Gasteiger partial charge in [-0.25, -0.2) is 0 Å². The van der Waals surface area contributed by atoms with Crippen molar-refractivity contribution in [2.45, 2.75) is 19.5 Å². The molecule has 1 aromatic heterocycles. The number of hydrogen-bond donors (Lipinski definition) is 1. The fourth-order valence-electron chi connectivity index (χ4n) is 1.98. The molecule has 82 valence electrons. The normalized spacial score (nSPS) is 17.1. The minimum absolute atomic E-state index is 0.527. The standard InChI is InChI=1S/C10H16N4O/c11-2-5-13-3-1-4-14-10(7-13)6-9(8-15)12-14/h6,8H,1-5,7,11H2. The summed E-state index contributed by atoms with van der Waals surface area (Å²) in [4.78, 5) is 12.9. The average molecular weight is 208 g/mol. The molecular formula is C10H16N4O. The molecule has 0 fully saturated rings. The number of aryl methyl sites for hydroxylation is 1. The monoisotopic (exact) mass is 208 g/mol. The molecular weight excluding hydrogens is 192 g/mol. The van der Waals surface area contributed by atoms with Crippen molar-refractivity contribution in [1.82, 2.24) is 14.7 Å². The molecule has 2 heterocycles. The highest BCUT2D eigenvalue weighted by atomic mass is 16.1. The number of rotatable bonds is 3. The average Bonchev–Trinajstić information content (AvgIpc) is 2.52. The Labute approximate surface area is 88.8 Å². The van der Waals surface area contributed by atoms with Crippen molar-refractivity contribution in [1.29, 1.82) is 0 Å². The topological polar surface area (TPSA) is 64.2 Å². The SMILES string of the molecule is NCCN1CCCn2nc(C=O)cc2C1. The lowest BCUT2D eigenvalue weighted by molar-refractivity contribution is 0.111. The molecule has 0 unspecified atom stereocenters. The van der Waals surface area contributed by atoms with Crippen LogP contribution in [0.5, 0.6) is 0 Å². The summed E-state index contributed by atoms with van der Waals surface area (Å²) in [5, 5.41) is 4.21. The number of nitrogens with two attached hydrogens (primary N) is 1. The maximum Gasteiger partial charge on any atom is 0.170 e. The van der Waals surface area contributed by atoms with Crippen molar-refractivity contribution in [2.75, 3.05) is 19.6 Å². The second kappa shape index (κ2) is 4.55. The number of fused-ring (bicyclic) bond motifs is 1. The Morgan fingerprint density at radius 1 is 1.53 bits per heavy atom. The van der Waals surface area contributed by atoms with Crippen molar-refractivity contribution < 1.29 is 4.79 Å². The Bertz CT molecular complexity index is 347. The molecule has 0 saturated heterocycles. The van der Waals surface area contributed by atoms with Crippen LogP contribution in [0.4, 0.5) is 0 Å². The van der Waals surface area contributed by atoms with Crippen LogP contribution in [-0.2, 0) is 13.1 Å². The van der Waals surface area contributed by atoms with Crippen LogP contribution in [-0.4, -0.2) is 40.6 Å². The highest BCUT2D eigenvalue weighted by molar-refractivity contribution is 5.71. The highest BCUT2D eigenvalue weighted by Gasteiger charge is 2.15. The number of aldehydes is 1. The third-order valence-corrected chi connectivity index (χ3v) is 2.68. The van der Waals surface area contributed by atoms with Crippen molar-refractivity contribution in [3.63, 3.8) is 0 Å². The van der Waals surface area contributed by atoms with E-state index < -0.39 is 0 Å². The fraction of sp³-hybridized carbons (Fsp3) is 0.600. The molecule has 0 spiro atoms. The molecule has 0 amide bonds. The van der Waals surface area contributed by atoms with Crippen LogP contribution in [0.15, 0.2) is 6.07 Å². The van der Waals surface area contributed by atoms with Gasteiger partial charge in [0.1, 0.15) is 5.69 Å². The van der Waals surface area contributed by atoms with Gasteiger partial charge in [0.05, 0.1) is 5.69 Å². The van der Waals surface area contributed by atoms with Crippen LogP contribution in [0.2, 0.25) is 0 Å². The van der Waals surface area contributed by atoms with Crippen LogP contribution in [0, 0.1) is 0 Å². The first-order valence-corrected chi connectivity index (χ1v) is 5.28. The molecule has 5 heteroatoms. The second-order valence-electron chi connectivity index (χ2n) is 3.82. The van der Waals surface area contributed by atoms with Gasteiger partial charge >= 0.3 is 0 Å². The van der Waals surface area contributed by atoms with E-state index in [1.165, 1.54) is 0 Å². The number of carbonyl (C=O) groups excluding carboxylic acids is 1. The molecule has 1 aromatic rings. The molecule has 0 radical (unpaired) electrons. The molecule has 1 aliphatic rings. The van der Waals surface area contributed by atoms with E-state index in [4.69, 9.17) is 5.73 Å². The van der Waals surface area contributed by atoms with Gasteiger partial charge < -0.3 is 5.73 Å². The molecule has 0 atom stereocenters. The molecule has 0 bridgehead atoms. The lowest BCUT2D eigenvalue weighted by atomic mass is 10.3.